The highest BCUT2D eigenvalue weighted by molar-refractivity contribution is 7.98. The van der Waals surface area contributed by atoms with E-state index in [4.69, 9.17) is 16.3 Å². The molecule has 0 spiro atoms. The second-order valence-corrected chi connectivity index (χ2v) is 7.20. The van der Waals surface area contributed by atoms with E-state index in [1.807, 2.05) is 11.8 Å². The molecule has 0 atom stereocenters. The molecule has 0 bridgehead atoms. The fourth-order valence-electron chi connectivity index (χ4n) is 3.00. The summed E-state index contributed by atoms with van der Waals surface area (Å²) in [4.78, 5) is 1.25. The molecule has 1 N–H and O–H groups in total. The maximum absolute atomic E-state index is 6.50. The number of benzene rings is 2. The Balaban J connectivity index is 1.79. The third-order valence-corrected chi connectivity index (χ3v) is 5.78. The number of ether oxygens (including phenoxy) is 1. The van der Waals surface area contributed by atoms with Crippen LogP contribution in [0.3, 0.4) is 0 Å². The summed E-state index contributed by atoms with van der Waals surface area (Å²) in [6.45, 7) is 2.74. The molecule has 0 aromatic heterocycles. The SMILES string of the molecule is COCc1cccc(CSc2c(Cl)ccc3c2CCNCC3)c1. The van der Waals surface area contributed by atoms with Crippen LogP contribution in [0.5, 0.6) is 0 Å². The van der Waals surface area contributed by atoms with E-state index in [0.29, 0.717) is 6.61 Å². The first-order valence-corrected chi connectivity index (χ1v) is 9.35. The Kier molecular flexibility index (Phi) is 6.01. The smallest absolute Gasteiger partial charge is 0.0713 e. The molecule has 0 radical (unpaired) electrons. The maximum atomic E-state index is 6.50. The van der Waals surface area contributed by atoms with Gasteiger partial charge in [-0.15, -0.1) is 11.8 Å². The van der Waals surface area contributed by atoms with Crippen molar-refractivity contribution < 1.29 is 4.74 Å². The van der Waals surface area contributed by atoms with Crippen LogP contribution >= 0.6 is 23.4 Å². The van der Waals surface area contributed by atoms with Gasteiger partial charge >= 0.3 is 0 Å². The van der Waals surface area contributed by atoms with E-state index < -0.39 is 0 Å². The fourth-order valence-corrected chi connectivity index (χ4v) is 4.44. The summed E-state index contributed by atoms with van der Waals surface area (Å²) in [6.07, 6.45) is 2.14. The second kappa shape index (κ2) is 8.20. The molecule has 1 heterocycles. The molecule has 1 aliphatic rings. The quantitative estimate of drug-likeness (QED) is 0.806. The van der Waals surface area contributed by atoms with Crippen LogP contribution in [0.2, 0.25) is 5.02 Å². The van der Waals surface area contributed by atoms with Crippen molar-refractivity contribution in [3.05, 3.63) is 63.7 Å². The van der Waals surface area contributed by atoms with Gasteiger partial charge in [0.2, 0.25) is 0 Å². The summed E-state index contributed by atoms with van der Waals surface area (Å²) in [7, 11) is 1.73. The first-order valence-electron chi connectivity index (χ1n) is 7.98. The number of halogens is 1. The van der Waals surface area contributed by atoms with Gasteiger partial charge in [0.1, 0.15) is 0 Å². The standard InChI is InChI=1S/C19H22ClNOS/c1-22-12-14-3-2-4-15(11-14)13-23-19-17-8-10-21-9-7-16(17)5-6-18(19)20/h2-6,11,21H,7-10,12-13H2,1H3. The van der Waals surface area contributed by atoms with Gasteiger partial charge in [0.15, 0.2) is 0 Å². The molecule has 0 unspecified atom stereocenters. The predicted octanol–water partition coefficient (Wildman–Crippen LogP) is 4.47. The average molecular weight is 348 g/mol. The number of thioether (sulfide) groups is 1. The fraction of sp³-hybridized carbons (Fsp3) is 0.368. The molecule has 4 heteroatoms. The van der Waals surface area contributed by atoms with Crippen LogP contribution in [0, 0.1) is 0 Å². The highest BCUT2D eigenvalue weighted by Gasteiger charge is 2.15. The van der Waals surface area contributed by atoms with Crippen LogP contribution in [0.15, 0.2) is 41.3 Å². The Labute approximate surface area is 147 Å². The van der Waals surface area contributed by atoms with Crippen molar-refractivity contribution in [2.45, 2.75) is 30.1 Å². The molecular formula is C19H22ClNOS. The highest BCUT2D eigenvalue weighted by Crippen LogP contribution is 2.36. The Morgan fingerprint density at radius 1 is 1.13 bits per heavy atom. The zero-order chi connectivity index (χ0) is 16.1. The van der Waals surface area contributed by atoms with Crippen molar-refractivity contribution in [3.63, 3.8) is 0 Å². The molecule has 2 nitrogen and oxygen atoms in total. The van der Waals surface area contributed by atoms with Gasteiger partial charge in [-0.2, -0.15) is 0 Å². The Morgan fingerprint density at radius 2 is 1.96 bits per heavy atom. The van der Waals surface area contributed by atoms with Crippen molar-refractivity contribution in [2.75, 3.05) is 20.2 Å². The van der Waals surface area contributed by atoms with E-state index in [1.165, 1.54) is 27.1 Å². The molecule has 0 amide bonds. The van der Waals surface area contributed by atoms with Crippen LogP contribution in [0.1, 0.15) is 22.3 Å². The number of hydrogen-bond donors (Lipinski definition) is 1. The van der Waals surface area contributed by atoms with Crippen molar-refractivity contribution in [2.24, 2.45) is 0 Å². The summed E-state index contributed by atoms with van der Waals surface area (Å²) in [5.41, 5.74) is 5.40. The lowest BCUT2D eigenvalue weighted by Gasteiger charge is -2.14. The summed E-state index contributed by atoms with van der Waals surface area (Å²) in [6, 6.07) is 12.8. The lowest BCUT2D eigenvalue weighted by atomic mass is 10.0. The zero-order valence-corrected chi connectivity index (χ0v) is 15.0. The number of rotatable bonds is 5. The summed E-state index contributed by atoms with van der Waals surface area (Å²) in [5.74, 6) is 0.932. The molecule has 122 valence electrons. The van der Waals surface area contributed by atoms with Crippen LogP contribution in [-0.4, -0.2) is 20.2 Å². The first kappa shape index (κ1) is 16.8. The summed E-state index contributed by atoms with van der Waals surface area (Å²) in [5, 5.41) is 4.35. The normalized spacial score (nSPS) is 14.3. The van der Waals surface area contributed by atoms with Crippen molar-refractivity contribution in [1.82, 2.24) is 5.32 Å². The minimum Gasteiger partial charge on any atom is -0.380 e. The monoisotopic (exact) mass is 347 g/mol. The lowest BCUT2D eigenvalue weighted by molar-refractivity contribution is 0.185. The van der Waals surface area contributed by atoms with Gasteiger partial charge in [0.25, 0.3) is 0 Å². The first-order chi connectivity index (χ1) is 11.3. The molecule has 0 saturated carbocycles. The van der Waals surface area contributed by atoms with E-state index in [9.17, 15) is 0 Å². The molecule has 1 aliphatic heterocycles. The van der Waals surface area contributed by atoms with Gasteiger partial charge < -0.3 is 10.1 Å². The minimum atomic E-state index is 0.658. The molecule has 0 fully saturated rings. The van der Waals surface area contributed by atoms with Crippen LogP contribution < -0.4 is 5.32 Å². The maximum Gasteiger partial charge on any atom is 0.0713 e. The van der Waals surface area contributed by atoms with Gasteiger partial charge in [-0.05, 0) is 54.3 Å². The van der Waals surface area contributed by atoms with E-state index in [2.05, 4.69) is 41.7 Å². The topological polar surface area (TPSA) is 21.3 Å². The third kappa shape index (κ3) is 4.30. The molecule has 3 rings (SSSR count). The van der Waals surface area contributed by atoms with Crippen molar-refractivity contribution in [3.8, 4) is 0 Å². The van der Waals surface area contributed by atoms with E-state index in [1.54, 1.807) is 7.11 Å². The average Bonchev–Trinajstić information content (AvgIpc) is 2.80. The Bertz CT molecular complexity index is 674. The van der Waals surface area contributed by atoms with Crippen molar-refractivity contribution >= 4 is 23.4 Å². The van der Waals surface area contributed by atoms with E-state index in [-0.39, 0.29) is 0 Å². The zero-order valence-electron chi connectivity index (χ0n) is 13.4. The predicted molar refractivity (Wildman–Crippen MR) is 98.4 cm³/mol. The van der Waals surface area contributed by atoms with Crippen LogP contribution in [0.25, 0.3) is 0 Å². The van der Waals surface area contributed by atoms with Gasteiger partial charge in [0, 0.05) is 17.8 Å². The van der Waals surface area contributed by atoms with Crippen LogP contribution in [0.4, 0.5) is 0 Å². The van der Waals surface area contributed by atoms with Gasteiger partial charge in [-0.25, -0.2) is 0 Å². The number of hydrogen-bond acceptors (Lipinski definition) is 3. The summed E-state index contributed by atoms with van der Waals surface area (Å²) >= 11 is 8.35. The highest BCUT2D eigenvalue weighted by atomic mass is 35.5. The number of nitrogens with one attached hydrogen (secondary N) is 1. The third-order valence-electron chi connectivity index (χ3n) is 4.12. The molecule has 0 aliphatic carbocycles. The molecule has 23 heavy (non-hydrogen) atoms. The van der Waals surface area contributed by atoms with Gasteiger partial charge in [0.05, 0.1) is 11.6 Å². The van der Waals surface area contributed by atoms with Crippen LogP contribution in [-0.2, 0) is 29.9 Å². The summed E-state index contributed by atoms with van der Waals surface area (Å²) < 4.78 is 5.22. The van der Waals surface area contributed by atoms with Gasteiger partial charge in [-0.3, -0.25) is 0 Å². The molecule has 0 saturated heterocycles. The second-order valence-electron chi connectivity index (χ2n) is 5.81. The van der Waals surface area contributed by atoms with Crippen molar-refractivity contribution in [1.29, 1.82) is 0 Å². The molecule has 2 aromatic carbocycles. The number of fused-ring (bicyclic) bond motifs is 1. The lowest BCUT2D eigenvalue weighted by Crippen LogP contribution is -2.16. The largest absolute Gasteiger partial charge is 0.380 e. The molecular weight excluding hydrogens is 326 g/mol. The Hall–Kier alpha value is -1.00. The number of methoxy groups -OCH3 is 1. The Morgan fingerprint density at radius 3 is 2.83 bits per heavy atom. The minimum absolute atomic E-state index is 0.658. The van der Waals surface area contributed by atoms with E-state index >= 15 is 0 Å². The molecule has 2 aromatic rings. The van der Waals surface area contributed by atoms with Gasteiger partial charge in [-0.1, -0.05) is 41.9 Å². The van der Waals surface area contributed by atoms with E-state index in [0.717, 1.165) is 36.7 Å².